The largest absolute Gasteiger partial charge is 0.311 e. The molecule has 0 spiro atoms. The number of amides is 1. The Bertz CT molecular complexity index is 941. The molecule has 0 aliphatic heterocycles. The second kappa shape index (κ2) is 5.60. The molecule has 25 heavy (non-hydrogen) atoms. The predicted molar refractivity (Wildman–Crippen MR) is 92.2 cm³/mol. The van der Waals surface area contributed by atoms with E-state index in [4.69, 9.17) is 0 Å². The van der Waals surface area contributed by atoms with E-state index in [9.17, 15) is 13.2 Å². The van der Waals surface area contributed by atoms with Gasteiger partial charge in [0.2, 0.25) is 15.9 Å². The van der Waals surface area contributed by atoms with Crippen molar-refractivity contribution in [1.29, 1.82) is 0 Å². The molecular weight excluding hydrogens is 340 g/mol. The predicted octanol–water partition coefficient (Wildman–Crippen LogP) is 1.93. The Kier molecular flexibility index (Phi) is 3.62. The molecule has 3 aliphatic carbocycles. The summed E-state index contributed by atoms with van der Waals surface area (Å²) in [6.07, 6.45) is 7.30. The number of nitrogens with zero attached hydrogens (tertiary/aromatic N) is 2. The van der Waals surface area contributed by atoms with Gasteiger partial charge in [0.25, 0.3) is 0 Å². The maximum atomic E-state index is 12.6. The van der Waals surface area contributed by atoms with E-state index in [0.717, 1.165) is 24.8 Å². The van der Waals surface area contributed by atoms with Gasteiger partial charge in [-0.05, 0) is 48.9 Å². The minimum Gasteiger partial charge on any atom is -0.311 e. The maximum Gasteiger partial charge on any atom is 0.242 e. The van der Waals surface area contributed by atoms with Crippen LogP contribution >= 0.6 is 0 Å². The third-order valence-corrected chi connectivity index (χ3v) is 6.36. The van der Waals surface area contributed by atoms with Gasteiger partial charge in [-0.3, -0.25) is 9.78 Å². The molecule has 130 valence electrons. The lowest BCUT2D eigenvalue weighted by Crippen LogP contribution is -2.67. The van der Waals surface area contributed by atoms with E-state index >= 15 is 0 Å². The molecule has 2 N–H and O–H groups in total. The first-order chi connectivity index (χ1) is 11.9. The highest BCUT2D eigenvalue weighted by Crippen LogP contribution is 2.57. The highest BCUT2D eigenvalue weighted by Gasteiger charge is 2.58. The molecule has 3 aliphatic rings. The molecule has 5 rings (SSSR count). The number of aromatic nitrogens is 2. The van der Waals surface area contributed by atoms with E-state index in [2.05, 4.69) is 20.0 Å². The van der Waals surface area contributed by atoms with Crippen LogP contribution in [0, 0.1) is 5.92 Å². The molecule has 8 heteroatoms. The van der Waals surface area contributed by atoms with Gasteiger partial charge in [-0.15, -0.1) is 0 Å². The maximum absolute atomic E-state index is 12.6. The van der Waals surface area contributed by atoms with E-state index < -0.39 is 10.0 Å². The number of pyridine rings is 2. The molecule has 1 amide bonds. The third-order valence-electron chi connectivity index (χ3n) is 4.81. The van der Waals surface area contributed by atoms with Gasteiger partial charge in [-0.1, -0.05) is 0 Å². The summed E-state index contributed by atoms with van der Waals surface area (Å²) < 4.78 is 28.1. The Morgan fingerprint density at radius 3 is 2.60 bits per heavy atom. The zero-order valence-corrected chi connectivity index (χ0v) is 14.5. The van der Waals surface area contributed by atoms with Gasteiger partial charge in [0, 0.05) is 36.6 Å². The van der Waals surface area contributed by atoms with E-state index in [1.54, 1.807) is 30.6 Å². The molecule has 3 fully saturated rings. The first kappa shape index (κ1) is 16.2. The lowest BCUT2D eigenvalue weighted by molar-refractivity contribution is -0.114. The molecule has 3 saturated carbocycles. The Morgan fingerprint density at radius 1 is 1.20 bits per heavy atom. The van der Waals surface area contributed by atoms with Crippen molar-refractivity contribution in [3.63, 3.8) is 0 Å². The Balaban J connectivity index is 1.62. The fourth-order valence-corrected chi connectivity index (χ4v) is 4.95. The second-order valence-electron chi connectivity index (χ2n) is 6.88. The van der Waals surface area contributed by atoms with Crippen molar-refractivity contribution in [3.8, 4) is 11.1 Å². The van der Waals surface area contributed by atoms with Crippen LogP contribution in [0.3, 0.4) is 0 Å². The summed E-state index contributed by atoms with van der Waals surface area (Å²) >= 11 is 0. The zero-order chi connectivity index (χ0) is 17.7. The summed E-state index contributed by atoms with van der Waals surface area (Å²) in [4.78, 5) is 19.5. The summed E-state index contributed by atoms with van der Waals surface area (Å²) in [6.45, 7) is 1.40. The number of hydrogen-bond donors (Lipinski definition) is 2. The fourth-order valence-electron chi connectivity index (χ4n) is 3.53. The van der Waals surface area contributed by atoms with E-state index in [1.165, 1.54) is 13.1 Å². The van der Waals surface area contributed by atoms with Gasteiger partial charge in [0.05, 0.1) is 0 Å². The molecule has 2 bridgehead atoms. The van der Waals surface area contributed by atoms with Gasteiger partial charge >= 0.3 is 0 Å². The van der Waals surface area contributed by atoms with Gasteiger partial charge in [-0.25, -0.2) is 18.1 Å². The van der Waals surface area contributed by atoms with Crippen LogP contribution < -0.4 is 10.0 Å². The number of sulfonamides is 1. The molecule has 0 unspecified atom stereocenters. The highest BCUT2D eigenvalue weighted by atomic mass is 32.2. The molecular formula is C17H18N4O3S. The Morgan fingerprint density at radius 2 is 1.96 bits per heavy atom. The summed E-state index contributed by atoms with van der Waals surface area (Å²) in [7, 11) is -3.60. The van der Waals surface area contributed by atoms with E-state index in [0.29, 0.717) is 17.3 Å². The number of nitrogens with one attached hydrogen (secondary N) is 2. The first-order valence-electron chi connectivity index (χ1n) is 8.08. The smallest absolute Gasteiger partial charge is 0.242 e. The topological polar surface area (TPSA) is 101 Å². The lowest BCUT2D eigenvalue weighted by Gasteiger charge is -2.61. The SMILES string of the molecule is CC(=O)Nc1cc(-c2cncc(S(=O)(=O)NC34CC(C3)C4)c2)ccn1. The van der Waals surface area contributed by atoms with E-state index in [-0.39, 0.29) is 16.3 Å². The van der Waals surface area contributed by atoms with Crippen molar-refractivity contribution >= 4 is 21.7 Å². The lowest BCUT2D eigenvalue weighted by atomic mass is 9.50. The molecule has 0 atom stereocenters. The van der Waals surface area contributed by atoms with Crippen LogP contribution in [0.1, 0.15) is 26.2 Å². The fraction of sp³-hybridized carbons (Fsp3) is 0.353. The minimum absolute atomic E-state index is 0.146. The van der Waals surface area contributed by atoms with Crippen LogP contribution in [-0.2, 0) is 14.8 Å². The average Bonchev–Trinajstić information content (AvgIpc) is 2.50. The average molecular weight is 358 g/mol. The number of hydrogen-bond acceptors (Lipinski definition) is 5. The number of anilines is 1. The molecule has 7 nitrogen and oxygen atoms in total. The van der Waals surface area contributed by atoms with Crippen LogP contribution in [0.5, 0.6) is 0 Å². The minimum atomic E-state index is -3.60. The standard InChI is InChI=1S/C17H18N4O3S/c1-11(22)20-16-5-13(2-3-19-16)14-4-15(10-18-9-14)25(23,24)21-17-6-12(7-17)8-17/h2-5,9-10,12,21H,6-8H2,1H3,(H,19,20,22). The normalized spacial score (nSPS) is 24.1. The number of rotatable bonds is 5. The van der Waals surface area contributed by atoms with Gasteiger partial charge in [-0.2, -0.15) is 0 Å². The monoisotopic (exact) mass is 358 g/mol. The quantitative estimate of drug-likeness (QED) is 0.850. The van der Waals surface area contributed by atoms with Crippen molar-refractivity contribution in [2.24, 2.45) is 5.92 Å². The van der Waals surface area contributed by atoms with Crippen molar-refractivity contribution in [3.05, 3.63) is 36.8 Å². The molecule has 2 aromatic heterocycles. The van der Waals surface area contributed by atoms with Crippen molar-refractivity contribution in [1.82, 2.24) is 14.7 Å². The van der Waals surface area contributed by atoms with Crippen LogP contribution in [-0.4, -0.2) is 29.8 Å². The molecule has 2 heterocycles. The molecule has 0 radical (unpaired) electrons. The molecule has 0 aromatic carbocycles. The number of carbonyl (C=O) groups excluding carboxylic acids is 1. The van der Waals surface area contributed by atoms with Gasteiger partial charge in [0.1, 0.15) is 10.7 Å². The summed E-state index contributed by atoms with van der Waals surface area (Å²) in [5.41, 5.74) is 1.15. The first-order valence-corrected chi connectivity index (χ1v) is 9.57. The van der Waals surface area contributed by atoms with Crippen LogP contribution in [0.15, 0.2) is 41.7 Å². The summed E-state index contributed by atoms with van der Waals surface area (Å²) in [5, 5.41) is 2.61. The Labute approximate surface area is 145 Å². The zero-order valence-electron chi connectivity index (χ0n) is 13.7. The Hall–Kier alpha value is -2.32. The van der Waals surface area contributed by atoms with Crippen LogP contribution in [0.2, 0.25) is 0 Å². The summed E-state index contributed by atoms with van der Waals surface area (Å²) in [6, 6.07) is 5.02. The highest BCUT2D eigenvalue weighted by molar-refractivity contribution is 7.89. The summed E-state index contributed by atoms with van der Waals surface area (Å²) in [5.74, 6) is 0.878. The van der Waals surface area contributed by atoms with E-state index in [1.807, 2.05) is 0 Å². The van der Waals surface area contributed by atoms with Crippen molar-refractivity contribution in [2.45, 2.75) is 36.6 Å². The molecule has 0 saturated heterocycles. The van der Waals surface area contributed by atoms with Gasteiger partial charge < -0.3 is 5.32 Å². The number of carbonyl (C=O) groups is 1. The van der Waals surface area contributed by atoms with Crippen molar-refractivity contribution < 1.29 is 13.2 Å². The van der Waals surface area contributed by atoms with Crippen LogP contribution in [0.25, 0.3) is 11.1 Å². The molecule has 2 aromatic rings. The second-order valence-corrected chi connectivity index (χ2v) is 8.57. The third kappa shape index (κ3) is 3.03. The van der Waals surface area contributed by atoms with Crippen LogP contribution in [0.4, 0.5) is 5.82 Å². The van der Waals surface area contributed by atoms with Crippen molar-refractivity contribution in [2.75, 3.05) is 5.32 Å². The van der Waals surface area contributed by atoms with Gasteiger partial charge in [0.15, 0.2) is 0 Å².